The molecule has 1 heterocycles. The van der Waals surface area contributed by atoms with E-state index in [0.29, 0.717) is 0 Å². The first-order valence-corrected chi connectivity index (χ1v) is 5.67. The van der Waals surface area contributed by atoms with Gasteiger partial charge in [0.15, 0.2) is 0 Å². The fraction of sp³-hybridized carbons (Fsp3) is 0.143. The van der Waals surface area contributed by atoms with Crippen molar-refractivity contribution in [1.82, 2.24) is 15.0 Å². The van der Waals surface area contributed by atoms with Crippen LogP contribution in [0.1, 0.15) is 11.1 Å². The van der Waals surface area contributed by atoms with Gasteiger partial charge in [0.1, 0.15) is 11.0 Å². The normalized spacial score (nSPS) is 10.9. The molecule has 84 valence electrons. The molecule has 0 amide bonds. The summed E-state index contributed by atoms with van der Waals surface area (Å²) in [4.78, 5) is 1.75. The van der Waals surface area contributed by atoms with Crippen LogP contribution in [0.5, 0.6) is 0 Å². The van der Waals surface area contributed by atoms with Crippen LogP contribution in [0.3, 0.4) is 0 Å². The van der Waals surface area contributed by atoms with Crippen LogP contribution in [-0.4, -0.2) is 15.0 Å². The summed E-state index contributed by atoms with van der Waals surface area (Å²) in [6.07, 6.45) is 0. The zero-order valence-electron chi connectivity index (χ0n) is 9.67. The van der Waals surface area contributed by atoms with E-state index in [-0.39, 0.29) is 0 Å². The molecule has 0 aliphatic heterocycles. The molecule has 17 heavy (non-hydrogen) atoms. The third-order valence-corrected chi connectivity index (χ3v) is 2.77. The van der Waals surface area contributed by atoms with Crippen molar-refractivity contribution in [2.75, 3.05) is 0 Å². The SMILES string of the molecule is Cc1ccc(Cn2nc3ccccc3n2)cc1. The lowest BCUT2D eigenvalue weighted by Crippen LogP contribution is -2.03. The Bertz CT molecular complexity index is 605. The van der Waals surface area contributed by atoms with Crippen LogP contribution in [0.4, 0.5) is 0 Å². The highest BCUT2D eigenvalue weighted by Gasteiger charge is 2.01. The van der Waals surface area contributed by atoms with E-state index >= 15 is 0 Å². The van der Waals surface area contributed by atoms with Crippen LogP contribution in [0.2, 0.25) is 0 Å². The highest BCUT2D eigenvalue weighted by atomic mass is 15.5. The lowest BCUT2D eigenvalue weighted by atomic mass is 10.1. The molecule has 0 atom stereocenters. The first-order valence-electron chi connectivity index (χ1n) is 5.67. The zero-order valence-corrected chi connectivity index (χ0v) is 9.67. The molecule has 0 fully saturated rings. The Morgan fingerprint density at radius 1 is 0.882 bits per heavy atom. The topological polar surface area (TPSA) is 30.7 Å². The maximum Gasteiger partial charge on any atom is 0.113 e. The Kier molecular flexibility index (Phi) is 2.37. The highest BCUT2D eigenvalue weighted by Crippen LogP contribution is 2.09. The van der Waals surface area contributed by atoms with Crippen LogP contribution in [0.25, 0.3) is 11.0 Å². The Morgan fingerprint density at radius 2 is 1.47 bits per heavy atom. The number of hydrogen-bond donors (Lipinski definition) is 0. The van der Waals surface area contributed by atoms with Crippen molar-refractivity contribution < 1.29 is 0 Å². The second-order valence-electron chi connectivity index (χ2n) is 4.20. The quantitative estimate of drug-likeness (QED) is 0.668. The Balaban J connectivity index is 1.92. The maximum atomic E-state index is 4.44. The molecule has 0 radical (unpaired) electrons. The first-order chi connectivity index (χ1) is 8.31. The fourth-order valence-electron chi connectivity index (χ4n) is 1.83. The summed E-state index contributed by atoms with van der Waals surface area (Å²) in [7, 11) is 0. The summed E-state index contributed by atoms with van der Waals surface area (Å²) in [6.45, 7) is 2.80. The highest BCUT2D eigenvalue weighted by molar-refractivity contribution is 5.72. The van der Waals surface area contributed by atoms with Gasteiger partial charge < -0.3 is 0 Å². The molecule has 3 aromatic rings. The summed E-state index contributed by atoms with van der Waals surface area (Å²) < 4.78 is 0. The van der Waals surface area contributed by atoms with E-state index < -0.39 is 0 Å². The molecule has 3 nitrogen and oxygen atoms in total. The molecule has 1 aromatic heterocycles. The molecule has 0 aliphatic rings. The molecule has 3 heteroatoms. The van der Waals surface area contributed by atoms with E-state index in [1.165, 1.54) is 11.1 Å². The van der Waals surface area contributed by atoms with Gasteiger partial charge in [0.05, 0.1) is 6.54 Å². The molecule has 0 unspecified atom stereocenters. The number of nitrogens with zero attached hydrogens (tertiary/aromatic N) is 3. The third-order valence-electron chi connectivity index (χ3n) is 2.77. The van der Waals surface area contributed by atoms with Gasteiger partial charge in [0.25, 0.3) is 0 Å². The number of rotatable bonds is 2. The van der Waals surface area contributed by atoms with Gasteiger partial charge >= 0.3 is 0 Å². The third kappa shape index (κ3) is 2.04. The zero-order chi connectivity index (χ0) is 11.7. The van der Waals surface area contributed by atoms with Crippen molar-refractivity contribution in [2.24, 2.45) is 0 Å². The molecular weight excluding hydrogens is 210 g/mol. The predicted molar refractivity (Wildman–Crippen MR) is 67.8 cm³/mol. The van der Waals surface area contributed by atoms with E-state index in [1.807, 2.05) is 24.3 Å². The lowest BCUT2D eigenvalue weighted by Gasteiger charge is -2.00. The minimum Gasteiger partial charge on any atom is -0.179 e. The lowest BCUT2D eigenvalue weighted by molar-refractivity contribution is 0.600. The molecule has 0 saturated heterocycles. The molecule has 2 aromatic carbocycles. The largest absolute Gasteiger partial charge is 0.179 e. The van der Waals surface area contributed by atoms with E-state index in [9.17, 15) is 0 Å². The van der Waals surface area contributed by atoms with Crippen molar-refractivity contribution >= 4 is 11.0 Å². The monoisotopic (exact) mass is 223 g/mol. The first kappa shape index (κ1) is 10.0. The summed E-state index contributed by atoms with van der Waals surface area (Å²) >= 11 is 0. The molecule has 0 bridgehead atoms. The molecule has 0 aliphatic carbocycles. The number of benzene rings is 2. The van der Waals surface area contributed by atoms with Crippen LogP contribution < -0.4 is 0 Å². The van der Waals surface area contributed by atoms with Gasteiger partial charge in [0.2, 0.25) is 0 Å². The van der Waals surface area contributed by atoms with Crippen molar-refractivity contribution in [3.63, 3.8) is 0 Å². The summed E-state index contributed by atoms with van der Waals surface area (Å²) in [5.74, 6) is 0. The van der Waals surface area contributed by atoms with E-state index in [1.54, 1.807) is 4.80 Å². The Hall–Kier alpha value is -2.16. The fourth-order valence-corrected chi connectivity index (χ4v) is 1.83. The second-order valence-corrected chi connectivity index (χ2v) is 4.20. The average molecular weight is 223 g/mol. The van der Waals surface area contributed by atoms with E-state index in [2.05, 4.69) is 41.4 Å². The molecule has 0 N–H and O–H groups in total. The summed E-state index contributed by atoms with van der Waals surface area (Å²) in [6, 6.07) is 16.4. The van der Waals surface area contributed by atoms with E-state index in [0.717, 1.165) is 17.6 Å². The van der Waals surface area contributed by atoms with Crippen LogP contribution in [0.15, 0.2) is 48.5 Å². The van der Waals surface area contributed by atoms with Crippen molar-refractivity contribution in [2.45, 2.75) is 13.5 Å². The summed E-state index contributed by atoms with van der Waals surface area (Å²) in [5.41, 5.74) is 4.38. The maximum absolute atomic E-state index is 4.44. The minimum atomic E-state index is 0.717. The number of aryl methyl sites for hydroxylation is 1. The van der Waals surface area contributed by atoms with Crippen molar-refractivity contribution in [3.05, 3.63) is 59.7 Å². The second kappa shape index (κ2) is 4.01. The van der Waals surface area contributed by atoms with Gasteiger partial charge in [-0.25, -0.2) is 0 Å². The minimum absolute atomic E-state index is 0.717. The average Bonchev–Trinajstić information content (AvgIpc) is 2.74. The van der Waals surface area contributed by atoms with Crippen molar-refractivity contribution in [3.8, 4) is 0 Å². The molecular formula is C14H13N3. The van der Waals surface area contributed by atoms with Gasteiger partial charge in [-0.05, 0) is 24.6 Å². The van der Waals surface area contributed by atoms with E-state index in [4.69, 9.17) is 0 Å². The molecule has 3 rings (SSSR count). The van der Waals surface area contributed by atoms with Gasteiger partial charge in [0, 0.05) is 0 Å². The van der Waals surface area contributed by atoms with Crippen molar-refractivity contribution in [1.29, 1.82) is 0 Å². The molecule has 0 saturated carbocycles. The number of hydrogen-bond acceptors (Lipinski definition) is 2. The van der Waals surface area contributed by atoms with Gasteiger partial charge in [-0.1, -0.05) is 42.0 Å². The smallest absolute Gasteiger partial charge is 0.113 e. The Labute approximate surface area is 99.7 Å². The number of aromatic nitrogens is 3. The van der Waals surface area contributed by atoms with Crippen LogP contribution in [0, 0.1) is 6.92 Å². The van der Waals surface area contributed by atoms with Crippen LogP contribution in [-0.2, 0) is 6.54 Å². The standard InChI is InChI=1S/C14H13N3/c1-11-6-8-12(9-7-11)10-17-15-13-4-2-3-5-14(13)16-17/h2-9H,10H2,1H3. The predicted octanol–water partition coefficient (Wildman–Crippen LogP) is 2.79. The van der Waals surface area contributed by atoms with Gasteiger partial charge in [-0.15, -0.1) is 0 Å². The van der Waals surface area contributed by atoms with Gasteiger partial charge in [-0.2, -0.15) is 15.0 Å². The Morgan fingerprint density at radius 3 is 2.06 bits per heavy atom. The van der Waals surface area contributed by atoms with Gasteiger partial charge in [-0.3, -0.25) is 0 Å². The number of fused-ring (bicyclic) bond motifs is 1. The van der Waals surface area contributed by atoms with Crippen LogP contribution >= 0.6 is 0 Å². The molecule has 0 spiro atoms. The summed E-state index contributed by atoms with van der Waals surface area (Å²) in [5, 5.41) is 8.87.